The van der Waals surface area contributed by atoms with E-state index in [9.17, 15) is 5.11 Å². The molecule has 0 aliphatic carbocycles. The number of hydrogen-bond donors (Lipinski definition) is 1. The van der Waals surface area contributed by atoms with Crippen LogP contribution in [0.25, 0.3) is 16.2 Å². The molecule has 0 amide bonds. The summed E-state index contributed by atoms with van der Waals surface area (Å²) in [4.78, 5) is 14.7. The summed E-state index contributed by atoms with van der Waals surface area (Å²) in [6.07, 6.45) is 1.68. The van der Waals surface area contributed by atoms with Crippen molar-refractivity contribution in [2.45, 2.75) is 31.9 Å². The minimum absolute atomic E-state index is 0.148. The fourth-order valence-electron chi connectivity index (χ4n) is 3.75. The lowest BCUT2D eigenvalue weighted by atomic mass is 10.0. The Bertz CT molecular complexity index is 1000. The van der Waals surface area contributed by atoms with Crippen molar-refractivity contribution in [3.63, 3.8) is 0 Å². The van der Waals surface area contributed by atoms with Crippen molar-refractivity contribution in [1.82, 2.24) is 24.5 Å². The maximum atomic E-state index is 9.47. The highest BCUT2D eigenvalue weighted by Crippen LogP contribution is 2.35. The number of anilines is 1. The molecule has 5 rings (SSSR count). The van der Waals surface area contributed by atoms with E-state index in [4.69, 9.17) is 9.84 Å². The van der Waals surface area contributed by atoms with Crippen molar-refractivity contribution in [2.75, 3.05) is 38.2 Å². The molecular weight excluding hydrogens is 376 g/mol. The summed E-state index contributed by atoms with van der Waals surface area (Å²) in [5, 5.41) is 15.3. The normalized spacial score (nSPS) is 18.7. The first kappa shape index (κ1) is 17.8. The van der Waals surface area contributed by atoms with E-state index in [1.165, 1.54) is 0 Å². The predicted molar refractivity (Wildman–Crippen MR) is 108 cm³/mol. The number of imidazole rings is 1. The molecule has 0 spiro atoms. The lowest BCUT2D eigenvalue weighted by Crippen LogP contribution is -2.66. The van der Waals surface area contributed by atoms with Gasteiger partial charge in [0.15, 0.2) is 0 Å². The smallest absolute Gasteiger partial charge is 0.222 e. The fraction of sp³-hybridized carbons (Fsp3) is 0.526. The van der Waals surface area contributed by atoms with Crippen LogP contribution in [0, 0.1) is 0 Å². The summed E-state index contributed by atoms with van der Waals surface area (Å²) in [5.74, 6) is 0.939. The van der Waals surface area contributed by atoms with E-state index in [1.807, 2.05) is 22.8 Å². The topological polar surface area (TPSA) is 79.0 Å². The monoisotopic (exact) mass is 400 g/mol. The summed E-state index contributed by atoms with van der Waals surface area (Å²) in [6.45, 7) is 7.73. The molecule has 2 aliphatic heterocycles. The Morgan fingerprint density at radius 1 is 1.21 bits per heavy atom. The van der Waals surface area contributed by atoms with Crippen LogP contribution >= 0.6 is 11.3 Å². The van der Waals surface area contributed by atoms with Crippen molar-refractivity contribution >= 4 is 21.4 Å². The second-order valence-corrected chi connectivity index (χ2v) is 8.77. The maximum Gasteiger partial charge on any atom is 0.222 e. The van der Waals surface area contributed by atoms with Crippen molar-refractivity contribution in [3.05, 3.63) is 24.0 Å². The van der Waals surface area contributed by atoms with Crippen LogP contribution in [0.15, 0.2) is 18.3 Å². The molecule has 0 bridgehead atoms. The number of rotatable bonds is 5. The minimum Gasteiger partial charge on any atom is -0.480 e. The van der Waals surface area contributed by atoms with Crippen molar-refractivity contribution in [2.24, 2.45) is 0 Å². The van der Waals surface area contributed by atoms with Gasteiger partial charge in [-0.3, -0.25) is 4.90 Å². The maximum absolute atomic E-state index is 9.47. The Kier molecular flexibility index (Phi) is 4.26. The molecule has 28 heavy (non-hydrogen) atoms. The third kappa shape index (κ3) is 2.85. The van der Waals surface area contributed by atoms with E-state index in [-0.39, 0.29) is 6.10 Å². The van der Waals surface area contributed by atoms with Gasteiger partial charge in [-0.05, 0) is 18.1 Å². The summed E-state index contributed by atoms with van der Waals surface area (Å²) in [7, 11) is 1.65. The number of β-amino-alcohol motifs (C(OH)–C–C–N with tert-alkyl or cyclic N) is 1. The first-order chi connectivity index (χ1) is 13.5. The third-order valence-corrected chi connectivity index (χ3v) is 6.54. The highest BCUT2D eigenvalue weighted by atomic mass is 32.1. The second kappa shape index (κ2) is 6.68. The van der Waals surface area contributed by atoms with E-state index in [0.717, 1.165) is 53.2 Å². The molecule has 9 heteroatoms. The number of aliphatic hydroxyl groups excluding tert-OH is 1. The molecule has 2 aliphatic rings. The molecular formula is C19H24N6O2S. The number of methoxy groups -OCH3 is 1. The van der Waals surface area contributed by atoms with E-state index < -0.39 is 0 Å². The van der Waals surface area contributed by atoms with Crippen LogP contribution in [0.3, 0.4) is 0 Å². The first-order valence-electron chi connectivity index (χ1n) is 9.60. The zero-order valence-corrected chi connectivity index (χ0v) is 17.1. The Balaban J connectivity index is 1.40. The van der Waals surface area contributed by atoms with Crippen molar-refractivity contribution in [3.8, 4) is 17.1 Å². The molecule has 3 aromatic rings. The SMILES string of the molecule is COc1nc(C(C)C)ccc1-c1cnc2sc(N3CC(N4CC(O)C4)C3)nn12. The van der Waals surface area contributed by atoms with Gasteiger partial charge in [0.2, 0.25) is 16.0 Å². The van der Waals surface area contributed by atoms with Gasteiger partial charge < -0.3 is 14.7 Å². The molecule has 0 atom stereocenters. The molecule has 3 aromatic heterocycles. The average molecular weight is 401 g/mol. The molecule has 2 fully saturated rings. The molecule has 0 aromatic carbocycles. The zero-order valence-electron chi connectivity index (χ0n) is 16.2. The molecule has 148 valence electrons. The Hall–Kier alpha value is -2.23. The highest BCUT2D eigenvalue weighted by Gasteiger charge is 2.39. The molecule has 5 heterocycles. The van der Waals surface area contributed by atoms with Crippen LogP contribution in [-0.2, 0) is 0 Å². The molecule has 0 radical (unpaired) electrons. The number of pyridine rings is 1. The van der Waals surface area contributed by atoms with Crippen LogP contribution in [-0.4, -0.2) is 75.0 Å². The zero-order chi connectivity index (χ0) is 19.4. The van der Waals surface area contributed by atoms with Gasteiger partial charge in [-0.25, -0.2) is 14.5 Å². The number of likely N-dealkylation sites (tertiary alicyclic amines) is 1. The Morgan fingerprint density at radius 3 is 2.68 bits per heavy atom. The van der Waals surface area contributed by atoms with Gasteiger partial charge in [-0.15, -0.1) is 5.10 Å². The van der Waals surface area contributed by atoms with Crippen molar-refractivity contribution in [1.29, 1.82) is 0 Å². The number of hydrogen-bond acceptors (Lipinski definition) is 8. The van der Waals surface area contributed by atoms with Gasteiger partial charge in [0.05, 0.1) is 30.7 Å². The molecule has 8 nitrogen and oxygen atoms in total. The summed E-state index contributed by atoms with van der Waals surface area (Å²) < 4.78 is 7.43. The lowest BCUT2D eigenvalue weighted by Gasteiger charge is -2.50. The summed E-state index contributed by atoms with van der Waals surface area (Å²) >= 11 is 1.60. The number of ether oxygens (including phenoxy) is 1. The van der Waals surface area contributed by atoms with Gasteiger partial charge in [-0.2, -0.15) is 0 Å². The number of aromatic nitrogens is 4. The summed E-state index contributed by atoms with van der Waals surface area (Å²) in [5.41, 5.74) is 2.79. The second-order valence-electron chi connectivity index (χ2n) is 7.84. The molecule has 1 N–H and O–H groups in total. The summed E-state index contributed by atoms with van der Waals surface area (Å²) in [6, 6.07) is 4.60. The number of fused-ring (bicyclic) bond motifs is 1. The Morgan fingerprint density at radius 2 is 2.00 bits per heavy atom. The number of aliphatic hydroxyl groups is 1. The molecule has 0 unspecified atom stereocenters. The standard InChI is InChI=1S/C19H24N6O2S/c1-11(2)15-5-4-14(17(21-15)27-3)16-6-20-18-25(16)22-19(28-18)24-7-12(8-24)23-9-13(26)10-23/h4-6,11-13,26H,7-10H2,1-3H3. The van der Waals surface area contributed by atoms with Crippen LogP contribution in [0.1, 0.15) is 25.5 Å². The predicted octanol–water partition coefficient (Wildman–Crippen LogP) is 1.85. The van der Waals surface area contributed by atoms with E-state index in [2.05, 4.69) is 33.6 Å². The van der Waals surface area contributed by atoms with Crippen LogP contribution in [0.4, 0.5) is 5.13 Å². The van der Waals surface area contributed by atoms with Crippen molar-refractivity contribution < 1.29 is 9.84 Å². The van der Waals surface area contributed by atoms with Crippen LogP contribution in [0.2, 0.25) is 0 Å². The van der Waals surface area contributed by atoms with E-state index >= 15 is 0 Å². The molecule has 2 saturated heterocycles. The van der Waals surface area contributed by atoms with Crippen LogP contribution < -0.4 is 9.64 Å². The van der Waals surface area contributed by atoms with E-state index in [1.54, 1.807) is 18.4 Å². The van der Waals surface area contributed by atoms with Gasteiger partial charge in [-0.1, -0.05) is 25.2 Å². The minimum atomic E-state index is -0.148. The highest BCUT2D eigenvalue weighted by molar-refractivity contribution is 7.20. The molecule has 0 saturated carbocycles. The quantitative estimate of drug-likeness (QED) is 0.700. The van der Waals surface area contributed by atoms with Gasteiger partial charge >= 0.3 is 0 Å². The largest absolute Gasteiger partial charge is 0.480 e. The number of nitrogens with zero attached hydrogens (tertiary/aromatic N) is 6. The first-order valence-corrected chi connectivity index (χ1v) is 10.4. The van der Waals surface area contributed by atoms with E-state index in [0.29, 0.717) is 17.8 Å². The fourth-order valence-corrected chi connectivity index (χ4v) is 4.64. The third-order valence-electron chi connectivity index (χ3n) is 5.56. The average Bonchev–Trinajstić information content (AvgIpc) is 3.19. The Labute approximate surface area is 167 Å². The lowest BCUT2D eigenvalue weighted by molar-refractivity contribution is -0.0311. The van der Waals surface area contributed by atoms with Gasteiger partial charge in [0, 0.05) is 37.9 Å². The van der Waals surface area contributed by atoms with Gasteiger partial charge in [0.1, 0.15) is 0 Å². The van der Waals surface area contributed by atoms with Crippen LogP contribution in [0.5, 0.6) is 5.88 Å². The van der Waals surface area contributed by atoms with Gasteiger partial charge in [0.25, 0.3) is 0 Å².